The van der Waals surface area contributed by atoms with Crippen LogP contribution in [0.3, 0.4) is 0 Å². The largest absolute Gasteiger partial charge is 0.295 e. The first-order valence-electron chi connectivity index (χ1n) is 7.75. The standard InChI is InChI=1S/C15H25BrClN3/c1-3-13-15(17)14(20(4-2)18-13)11-19-10-6-8-12(19)7-5-9-16/h12H,3-11H2,1-2H3. The highest BCUT2D eigenvalue weighted by atomic mass is 79.9. The van der Waals surface area contributed by atoms with Crippen molar-refractivity contribution in [3.63, 3.8) is 0 Å². The summed E-state index contributed by atoms with van der Waals surface area (Å²) >= 11 is 10.1. The van der Waals surface area contributed by atoms with Crippen LogP contribution in [0.1, 0.15) is 50.9 Å². The van der Waals surface area contributed by atoms with Gasteiger partial charge in [0.2, 0.25) is 0 Å². The topological polar surface area (TPSA) is 21.1 Å². The Balaban J connectivity index is 2.10. The third-order valence-electron chi connectivity index (χ3n) is 4.22. The fourth-order valence-corrected chi connectivity index (χ4v) is 3.76. The van der Waals surface area contributed by atoms with E-state index in [0.717, 1.165) is 35.6 Å². The number of halogens is 2. The van der Waals surface area contributed by atoms with Gasteiger partial charge >= 0.3 is 0 Å². The summed E-state index contributed by atoms with van der Waals surface area (Å²) in [4.78, 5) is 2.59. The summed E-state index contributed by atoms with van der Waals surface area (Å²) in [5.74, 6) is 0. The Bertz CT molecular complexity index is 433. The number of hydrogen-bond donors (Lipinski definition) is 0. The monoisotopic (exact) mass is 361 g/mol. The number of aryl methyl sites for hydroxylation is 2. The predicted octanol–water partition coefficient (Wildman–Crippen LogP) is 4.26. The molecule has 0 saturated carbocycles. The Morgan fingerprint density at radius 2 is 2.20 bits per heavy atom. The Morgan fingerprint density at radius 1 is 1.40 bits per heavy atom. The normalized spacial score (nSPS) is 19.9. The molecule has 1 atom stereocenters. The fourth-order valence-electron chi connectivity index (χ4n) is 3.10. The van der Waals surface area contributed by atoms with Crippen LogP contribution in [0.25, 0.3) is 0 Å². The molecule has 2 heterocycles. The van der Waals surface area contributed by atoms with Gasteiger partial charge in [0.05, 0.1) is 16.4 Å². The van der Waals surface area contributed by atoms with Crippen LogP contribution in [0.5, 0.6) is 0 Å². The molecular formula is C15H25BrClN3. The van der Waals surface area contributed by atoms with Crippen LogP contribution in [-0.4, -0.2) is 32.6 Å². The van der Waals surface area contributed by atoms with Crippen LogP contribution in [0.15, 0.2) is 0 Å². The van der Waals surface area contributed by atoms with Crippen molar-refractivity contribution in [2.45, 2.75) is 65.1 Å². The molecule has 20 heavy (non-hydrogen) atoms. The molecule has 1 aromatic heterocycles. The molecule has 2 rings (SSSR count). The Hall–Kier alpha value is -0.0600. The van der Waals surface area contributed by atoms with E-state index in [0.29, 0.717) is 6.04 Å². The smallest absolute Gasteiger partial charge is 0.0863 e. The molecule has 0 aromatic carbocycles. The second-order valence-electron chi connectivity index (χ2n) is 5.47. The molecule has 1 aliphatic heterocycles. The highest BCUT2D eigenvalue weighted by molar-refractivity contribution is 9.09. The summed E-state index contributed by atoms with van der Waals surface area (Å²) in [6.07, 6.45) is 6.08. The molecule has 1 aromatic rings. The van der Waals surface area contributed by atoms with Crippen molar-refractivity contribution in [2.75, 3.05) is 11.9 Å². The quantitative estimate of drug-likeness (QED) is 0.676. The SMILES string of the molecule is CCc1nn(CC)c(CN2CCCC2CCCBr)c1Cl. The van der Waals surface area contributed by atoms with Crippen molar-refractivity contribution >= 4 is 27.5 Å². The summed E-state index contributed by atoms with van der Waals surface area (Å²) in [6.45, 7) is 7.30. The van der Waals surface area contributed by atoms with Crippen LogP contribution < -0.4 is 0 Å². The minimum Gasteiger partial charge on any atom is -0.295 e. The maximum atomic E-state index is 6.52. The first kappa shape index (κ1) is 16.3. The van der Waals surface area contributed by atoms with Crippen molar-refractivity contribution < 1.29 is 0 Å². The molecule has 1 unspecified atom stereocenters. The molecule has 0 radical (unpaired) electrons. The third-order valence-corrected chi connectivity index (χ3v) is 5.21. The molecule has 1 fully saturated rings. The second-order valence-corrected chi connectivity index (χ2v) is 6.65. The van der Waals surface area contributed by atoms with Gasteiger partial charge in [-0.1, -0.05) is 34.5 Å². The Labute approximate surface area is 135 Å². The van der Waals surface area contributed by atoms with Gasteiger partial charge < -0.3 is 0 Å². The van der Waals surface area contributed by atoms with Crippen LogP contribution in [0.2, 0.25) is 5.02 Å². The van der Waals surface area contributed by atoms with E-state index in [4.69, 9.17) is 11.6 Å². The zero-order chi connectivity index (χ0) is 14.5. The van der Waals surface area contributed by atoms with Gasteiger partial charge in [0.15, 0.2) is 0 Å². The molecule has 0 amide bonds. The summed E-state index contributed by atoms with van der Waals surface area (Å²) in [5, 5.41) is 6.62. The minimum atomic E-state index is 0.717. The molecule has 0 spiro atoms. The van der Waals surface area contributed by atoms with Gasteiger partial charge in [0, 0.05) is 24.5 Å². The third kappa shape index (κ3) is 3.58. The fraction of sp³-hybridized carbons (Fsp3) is 0.800. The highest BCUT2D eigenvalue weighted by Crippen LogP contribution is 2.28. The van der Waals surface area contributed by atoms with Gasteiger partial charge in [0.1, 0.15) is 0 Å². The van der Waals surface area contributed by atoms with Crippen LogP contribution >= 0.6 is 27.5 Å². The molecule has 1 aliphatic rings. The van der Waals surface area contributed by atoms with E-state index in [9.17, 15) is 0 Å². The van der Waals surface area contributed by atoms with Gasteiger partial charge in [-0.25, -0.2) is 0 Å². The lowest BCUT2D eigenvalue weighted by molar-refractivity contribution is 0.227. The van der Waals surface area contributed by atoms with Gasteiger partial charge in [-0.05, 0) is 45.6 Å². The lowest BCUT2D eigenvalue weighted by atomic mass is 10.1. The van der Waals surface area contributed by atoms with E-state index >= 15 is 0 Å². The molecule has 1 saturated heterocycles. The van der Waals surface area contributed by atoms with Crippen molar-refractivity contribution in [1.29, 1.82) is 0 Å². The first-order valence-corrected chi connectivity index (χ1v) is 9.25. The Kier molecular flexibility index (Phi) is 6.37. The van der Waals surface area contributed by atoms with Gasteiger partial charge in [-0.2, -0.15) is 5.10 Å². The number of hydrogen-bond acceptors (Lipinski definition) is 2. The number of rotatable bonds is 7. The first-order chi connectivity index (χ1) is 9.71. The molecule has 0 N–H and O–H groups in total. The van der Waals surface area contributed by atoms with Crippen LogP contribution in [0, 0.1) is 0 Å². The van der Waals surface area contributed by atoms with Crippen molar-refractivity contribution in [3.8, 4) is 0 Å². The van der Waals surface area contributed by atoms with E-state index in [1.165, 1.54) is 37.9 Å². The molecule has 0 aliphatic carbocycles. The number of likely N-dealkylation sites (tertiary alicyclic amines) is 1. The lowest BCUT2D eigenvalue weighted by Gasteiger charge is -2.24. The van der Waals surface area contributed by atoms with Crippen LogP contribution in [0.4, 0.5) is 0 Å². The number of alkyl halides is 1. The molecular weight excluding hydrogens is 338 g/mol. The van der Waals surface area contributed by atoms with Gasteiger partial charge in [-0.15, -0.1) is 0 Å². The van der Waals surface area contributed by atoms with E-state index < -0.39 is 0 Å². The Morgan fingerprint density at radius 3 is 2.85 bits per heavy atom. The van der Waals surface area contributed by atoms with Gasteiger partial charge in [-0.3, -0.25) is 9.58 Å². The minimum absolute atomic E-state index is 0.717. The van der Waals surface area contributed by atoms with E-state index in [1.54, 1.807) is 0 Å². The maximum Gasteiger partial charge on any atom is 0.0863 e. The zero-order valence-electron chi connectivity index (χ0n) is 12.5. The average Bonchev–Trinajstić information content (AvgIpc) is 3.02. The average molecular weight is 363 g/mol. The van der Waals surface area contributed by atoms with Crippen molar-refractivity contribution in [2.24, 2.45) is 0 Å². The molecule has 5 heteroatoms. The predicted molar refractivity (Wildman–Crippen MR) is 88.7 cm³/mol. The van der Waals surface area contributed by atoms with Crippen molar-refractivity contribution in [3.05, 3.63) is 16.4 Å². The molecule has 0 bridgehead atoms. The van der Waals surface area contributed by atoms with Crippen molar-refractivity contribution in [1.82, 2.24) is 14.7 Å². The van der Waals surface area contributed by atoms with E-state index in [2.05, 4.69) is 44.5 Å². The maximum absolute atomic E-state index is 6.52. The number of aromatic nitrogens is 2. The van der Waals surface area contributed by atoms with E-state index in [1.807, 2.05) is 0 Å². The molecule has 3 nitrogen and oxygen atoms in total. The summed E-state index contributed by atoms with van der Waals surface area (Å²) in [7, 11) is 0. The molecule has 114 valence electrons. The second kappa shape index (κ2) is 7.81. The summed E-state index contributed by atoms with van der Waals surface area (Å²) < 4.78 is 2.08. The number of nitrogens with zero attached hydrogens (tertiary/aromatic N) is 3. The zero-order valence-corrected chi connectivity index (χ0v) is 14.9. The van der Waals surface area contributed by atoms with Gasteiger partial charge in [0.25, 0.3) is 0 Å². The summed E-state index contributed by atoms with van der Waals surface area (Å²) in [5.41, 5.74) is 2.25. The lowest BCUT2D eigenvalue weighted by Crippen LogP contribution is -2.30. The summed E-state index contributed by atoms with van der Waals surface area (Å²) in [6, 6.07) is 0.717. The van der Waals surface area contributed by atoms with E-state index in [-0.39, 0.29) is 0 Å². The highest BCUT2D eigenvalue weighted by Gasteiger charge is 2.26. The van der Waals surface area contributed by atoms with Crippen LogP contribution in [-0.2, 0) is 19.5 Å².